The molecule has 2 heterocycles. The largest absolute Gasteiger partial charge is 0.481 e. The maximum Gasteiger partial charge on any atom is 0.309 e. The lowest BCUT2D eigenvalue weighted by atomic mass is 9.33. The van der Waals surface area contributed by atoms with Crippen LogP contribution in [0.25, 0.3) is 11.6 Å². The van der Waals surface area contributed by atoms with Crippen LogP contribution in [0.5, 0.6) is 0 Å². The van der Waals surface area contributed by atoms with Gasteiger partial charge in [-0.3, -0.25) is 14.4 Å². The molecule has 5 aliphatic carbocycles. The number of aliphatic carboxylic acids is 1. The molecule has 7 rings (SSSR count). The number of rotatable bonds is 8. The Kier molecular flexibility index (Phi) is 9.35. The Morgan fingerprint density at radius 1 is 1.00 bits per heavy atom. The number of fused-ring (bicyclic) bond motifs is 7. The van der Waals surface area contributed by atoms with Crippen molar-refractivity contribution in [2.24, 2.45) is 56.2 Å². The number of aromatic nitrogens is 3. The van der Waals surface area contributed by atoms with E-state index in [0.717, 1.165) is 56.1 Å². The summed E-state index contributed by atoms with van der Waals surface area (Å²) in [6, 6.07) is 5.33. The van der Waals surface area contributed by atoms with Crippen LogP contribution in [-0.4, -0.2) is 49.2 Å². The number of hydrogen-bond acceptors (Lipinski definition) is 10. The van der Waals surface area contributed by atoms with Crippen LogP contribution in [-0.2, 0) is 19.1 Å². The first-order valence-electron chi connectivity index (χ1n) is 20.2. The molecule has 4 fully saturated rings. The molecule has 2 aromatic rings. The molecule has 0 aliphatic heterocycles. The second-order valence-electron chi connectivity index (χ2n) is 19.9. The van der Waals surface area contributed by atoms with Crippen molar-refractivity contribution in [3.8, 4) is 17.7 Å². The number of allylic oxidation sites excluding steroid dienone is 1. The van der Waals surface area contributed by atoms with E-state index in [1.165, 1.54) is 6.20 Å². The molecule has 0 amide bonds. The molecule has 0 radical (unpaired) electrons. The highest BCUT2D eigenvalue weighted by molar-refractivity contribution is 6.00. The smallest absolute Gasteiger partial charge is 0.309 e. The number of pyridine rings is 1. The molecule has 9 atom stereocenters. The molecule has 0 aromatic carbocycles. The molecule has 0 saturated heterocycles. The first kappa shape index (κ1) is 39.3. The fourth-order valence-corrected chi connectivity index (χ4v) is 13.1. The average molecular weight is 755 g/mol. The molecule has 55 heavy (non-hydrogen) atoms. The minimum Gasteiger partial charge on any atom is -0.481 e. The number of carboxylic acids is 1. The second-order valence-corrected chi connectivity index (χ2v) is 19.9. The number of carbonyl (C=O) groups excluding carboxylic acids is 2. The van der Waals surface area contributed by atoms with Gasteiger partial charge in [0.2, 0.25) is 5.89 Å². The summed E-state index contributed by atoms with van der Waals surface area (Å²) in [6.45, 7) is 19.2. The minimum atomic E-state index is -1.19. The van der Waals surface area contributed by atoms with Gasteiger partial charge in [-0.05, 0) is 128 Å². The Morgan fingerprint density at radius 3 is 2.36 bits per heavy atom. The molecule has 2 aromatic heterocycles. The zero-order chi connectivity index (χ0) is 40.1. The molecule has 0 unspecified atom stereocenters. The number of nitrogens with zero attached hydrogens (tertiary/aromatic N) is 4. The Balaban J connectivity index is 1.19. The first-order chi connectivity index (χ1) is 25.7. The van der Waals surface area contributed by atoms with Gasteiger partial charge in [0.1, 0.15) is 24.0 Å². The number of carbonyl (C=O) groups is 3. The van der Waals surface area contributed by atoms with Crippen LogP contribution in [0.15, 0.2) is 33.9 Å². The van der Waals surface area contributed by atoms with E-state index in [1.54, 1.807) is 26.0 Å². The number of ketones is 1. The number of Topliss-reactive ketones (excluding diaryl/α,β-unsaturated/α-hetero) is 1. The number of aliphatic hydroxyl groups is 1. The summed E-state index contributed by atoms with van der Waals surface area (Å²) in [4.78, 5) is 43.3. The number of hydrogen-bond donors (Lipinski definition) is 2. The van der Waals surface area contributed by atoms with Gasteiger partial charge < -0.3 is 19.4 Å². The lowest BCUT2D eigenvalue weighted by Gasteiger charge is -2.72. The number of aliphatic hydroxyl groups excluding tert-OH is 1. The molecule has 4 saturated carbocycles. The topological polar surface area (TPSA) is 176 Å². The van der Waals surface area contributed by atoms with E-state index in [0.29, 0.717) is 29.5 Å². The van der Waals surface area contributed by atoms with Crippen LogP contribution >= 0.6 is 0 Å². The summed E-state index contributed by atoms with van der Waals surface area (Å²) in [5.41, 5.74) is 0.306. The van der Waals surface area contributed by atoms with Crippen molar-refractivity contribution in [2.45, 2.75) is 139 Å². The van der Waals surface area contributed by atoms with Crippen molar-refractivity contribution in [1.29, 1.82) is 5.26 Å². The third kappa shape index (κ3) is 5.74. The second kappa shape index (κ2) is 13.1. The van der Waals surface area contributed by atoms with Crippen molar-refractivity contribution in [3.63, 3.8) is 0 Å². The summed E-state index contributed by atoms with van der Waals surface area (Å²) < 4.78 is 12.3. The standard InChI is InChI=1S/C44H58N4O7/c1-24(2)33-28(49)20-44(35(51)37-48-47-36(55-37)27-12-10-25(22-45)23-46-27)19-18-42(8)26(34(33)44)11-13-30-41(7)16-15-31(54-32(50)21-39(3,4)38(52)53)40(5,6)29(41)14-17-43(30,42)9/h10,12,23-24,26,29-31,35,51H,11,13-21H2,1-9H3,(H,52,53)/t26-,29+,30-,31+,35+,41+,42-,43-,44-/m1/s1. The highest BCUT2D eigenvalue weighted by Gasteiger charge is 2.71. The number of nitriles is 1. The van der Waals surface area contributed by atoms with E-state index < -0.39 is 28.9 Å². The third-order valence-electron chi connectivity index (χ3n) is 16.2. The molecule has 296 valence electrons. The maximum absolute atomic E-state index is 14.1. The van der Waals surface area contributed by atoms with Crippen LogP contribution in [0, 0.1) is 67.5 Å². The highest BCUT2D eigenvalue weighted by Crippen LogP contribution is 2.77. The molecule has 11 nitrogen and oxygen atoms in total. The van der Waals surface area contributed by atoms with Crippen molar-refractivity contribution in [1.82, 2.24) is 15.2 Å². The minimum absolute atomic E-state index is 0.00124. The van der Waals surface area contributed by atoms with Gasteiger partial charge in [-0.2, -0.15) is 5.26 Å². The van der Waals surface area contributed by atoms with E-state index in [2.05, 4.69) is 69.7 Å². The van der Waals surface area contributed by atoms with Gasteiger partial charge >= 0.3 is 11.9 Å². The van der Waals surface area contributed by atoms with Gasteiger partial charge in [-0.1, -0.05) is 48.5 Å². The Morgan fingerprint density at radius 2 is 1.73 bits per heavy atom. The Bertz CT molecular complexity index is 1970. The van der Waals surface area contributed by atoms with Crippen LogP contribution in [0.3, 0.4) is 0 Å². The summed E-state index contributed by atoms with van der Waals surface area (Å²) in [6.07, 6.45) is 7.13. The Hall–Kier alpha value is -3.91. The average Bonchev–Trinajstić information content (AvgIpc) is 3.72. The summed E-state index contributed by atoms with van der Waals surface area (Å²) in [5, 5.41) is 39.7. The molecular weight excluding hydrogens is 697 g/mol. The van der Waals surface area contributed by atoms with Gasteiger partial charge in [0.15, 0.2) is 5.78 Å². The van der Waals surface area contributed by atoms with E-state index in [-0.39, 0.29) is 70.0 Å². The van der Waals surface area contributed by atoms with E-state index >= 15 is 0 Å². The highest BCUT2D eigenvalue weighted by atomic mass is 16.5. The van der Waals surface area contributed by atoms with Crippen molar-refractivity contribution in [2.75, 3.05) is 0 Å². The predicted molar refractivity (Wildman–Crippen MR) is 203 cm³/mol. The fourth-order valence-electron chi connectivity index (χ4n) is 13.1. The lowest BCUT2D eigenvalue weighted by molar-refractivity contribution is -0.235. The molecular formula is C44H58N4O7. The monoisotopic (exact) mass is 754 g/mol. The van der Waals surface area contributed by atoms with E-state index in [9.17, 15) is 29.9 Å². The van der Waals surface area contributed by atoms with Crippen molar-refractivity contribution >= 4 is 17.7 Å². The number of carboxylic acid groups (broad SMARTS) is 1. The fraction of sp³-hybridized carbons (Fsp3) is 0.705. The first-order valence-corrected chi connectivity index (χ1v) is 20.2. The van der Waals surface area contributed by atoms with E-state index in [1.807, 2.05) is 0 Å². The zero-order valence-corrected chi connectivity index (χ0v) is 34.0. The Labute approximate surface area is 324 Å². The third-order valence-corrected chi connectivity index (χ3v) is 16.2. The quantitative estimate of drug-likeness (QED) is 0.247. The van der Waals surface area contributed by atoms with Crippen LogP contribution in [0.4, 0.5) is 0 Å². The van der Waals surface area contributed by atoms with Crippen LogP contribution in [0.2, 0.25) is 0 Å². The van der Waals surface area contributed by atoms with Crippen LogP contribution in [0.1, 0.15) is 144 Å². The molecule has 5 aliphatic rings. The summed E-state index contributed by atoms with van der Waals surface area (Å²) in [7, 11) is 0. The van der Waals surface area contributed by atoms with Crippen molar-refractivity contribution in [3.05, 3.63) is 40.9 Å². The van der Waals surface area contributed by atoms with Crippen LogP contribution < -0.4 is 0 Å². The predicted octanol–water partition coefficient (Wildman–Crippen LogP) is 8.43. The van der Waals surface area contributed by atoms with Gasteiger partial charge in [0, 0.05) is 23.4 Å². The maximum atomic E-state index is 14.1. The number of esters is 1. The summed E-state index contributed by atoms with van der Waals surface area (Å²) in [5.74, 6) is -0.280. The van der Waals surface area contributed by atoms with Gasteiger partial charge in [0.25, 0.3) is 5.89 Å². The lowest BCUT2D eigenvalue weighted by Crippen LogP contribution is -2.66. The zero-order valence-electron chi connectivity index (χ0n) is 34.0. The van der Waals surface area contributed by atoms with Crippen molar-refractivity contribution < 1.29 is 33.8 Å². The molecule has 11 heteroatoms. The van der Waals surface area contributed by atoms with Gasteiger partial charge in [0.05, 0.1) is 17.4 Å². The SMILES string of the molecule is CC(C)C1=C2[C@H]3CC[C@@H]4[C@@]5(C)CC[C@H](OC(=O)CC(C)(C)C(=O)O)C(C)(C)[C@@H]5CC[C@@]4(C)[C@]3(C)CC[C@@]2([C@@H](O)c2nnc(-c3ccc(C#N)cn3)o2)CC1=O. The summed E-state index contributed by atoms with van der Waals surface area (Å²) >= 11 is 0. The molecule has 2 N–H and O–H groups in total. The number of ether oxygens (including phenoxy) is 1. The van der Waals surface area contributed by atoms with Gasteiger partial charge in [-0.25, -0.2) is 4.98 Å². The van der Waals surface area contributed by atoms with E-state index in [4.69, 9.17) is 9.15 Å². The molecule has 0 bridgehead atoms. The normalized spacial score (nSPS) is 35.9. The van der Waals surface area contributed by atoms with Gasteiger partial charge in [-0.15, -0.1) is 10.2 Å². The molecule has 0 spiro atoms.